The first-order chi connectivity index (χ1) is 10.8. The van der Waals surface area contributed by atoms with Gasteiger partial charge in [-0.15, -0.1) is 0 Å². The van der Waals surface area contributed by atoms with E-state index in [0.717, 1.165) is 12.1 Å². The SMILES string of the molecule is O=C(O)CNc1ccc(S(=O)(=O)c2ccc([N+](=O)[O-])cc2)cc1. The molecule has 120 valence electrons. The highest BCUT2D eigenvalue weighted by atomic mass is 32.2. The molecular weight excluding hydrogens is 324 g/mol. The Bertz CT molecular complexity index is 829. The molecule has 0 atom stereocenters. The number of hydrogen-bond donors (Lipinski definition) is 2. The predicted molar refractivity (Wildman–Crippen MR) is 81.1 cm³/mol. The summed E-state index contributed by atoms with van der Waals surface area (Å²) >= 11 is 0. The Morgan fingerprint density at radius 3 is 1.96 bits per heavy atom. The van der Waals surface area contributed by atoms with Crippen molar-refractivity contribution >= 4 is 27.2 Å². The molecule has 0 bridgehead atoms. The average molecular weight is 336 g/mol. The van der Waals surface area contributed by atoms with Gasteiger partial charge in [0, 0.05) is 17.8 Å². The Balaban J connectivity index is 2.25. The summed E-state index contributed by atoms with van der Waals surface area (Å²) in [6.45, 7) is -0.283. The van der Waals surface area contributed by atoms with Gasteiger partial charge >= 0.3 is 5.97 Å². The number of carboxylic acid groups (broad SMARTS) is 1. The summed E-state index contributed by atoms with van der Waals surface area (Å²) in [7, 11) is -3.80. The van der Waals surface area contributed by atoms with Gasteiger partial charge in [0.25, 0.3) is 5.69 Å². The van der Waals surface area contributed by atoms with Crippen LogP contribution in [0.25, 0.3) is 0 Å². The Morgan fingerprint density at radius 1 is 1.04 bits per heavy atom. The van der Waals surface area contributed by atoms with Crippen LogP contribution in [-0.4, -0.2) is 31.0 Å². The molecule has 0 heterocycles. The summed E-state index contributed by atoms with van der Waals surface area (Å²) in [5, 5.41) is 21.8. The number of nitro benzene ring substituents is 1. The monoisotopic (exact) mass is 336 g/mol. The van der Waals surface area contributed by atoms with Crippen molar-refractivity contribution in [3.05, 3.63) is 58.6 Å². The molecule has 0 saturated heterocycles. The van der Waals surface area contributed by atoms with E-state index in [9.17, 15) is 23.3 Å². The highest BCUT2D eigenvalue weighted by molar-refractivity contribution is 7.91. The summed E-state index contributed by atoms with van der Waals surface area (Å²) in [5.74, 6) is -1.03. The van der Waals surface area contributed by atoms with Crippen molar-refractivity contribution in [3.8, 4) is 0 Å². The molecular formula is C14H12N2O6S. The summed E-state index contributed by atoms with van der Waals surface area (Å²) in [4.78, 5) is 20.4. The third-order valence-electron chi connectivity index (χ3n) is 2.97. The van der Waals surface area contributed by atoms with Gasteiger partial charge in [-0.2, -0.15) is 0 Å². The summed E-state index contributed by atoms with van der Waals surface area (Å²) < 4.78 is 24.8. The Hall–Kier alpha value is -2.94. The Labute approximate surface area is 131 Å². The van der Waals surface area contributed by atoms with Crippen molar-refractivity contribution in [2.45, 2.75) is 9.79 Å². The molecule has 2 aromatic carbocycles. The number of anilines is 1. The quantitative estimate of drug-likeness (QED) is 0.609. The largest absolute Gasteiger partial charge is 0.480 e. The van der Waals surface area contributed by atoms with Crippen LogP contribution in [0.4, 0.5) is 11.4 Å². The van der Waals surface area contributed by atoms with Gasteiger partial charge in [0.05, 0.1) is 14.7 Å². The van der Waals surface area contributed by atoms with E-state index in [1.165, 1.54) is 36.4 Å². The molecule has 0 aliphatic carbocycles. The fourth-order valence-electron chi connectivity index (χ4n) is 1.81. The molecule has 0 aliphatic rings. The molecule has 2 rings (SSSR count). The highest BCUT2D eigenvalue weighted by Crippen LogP contribution is 2.24. The van der Waals surface area contributed by atoms with Crippen LogP contribution in [0.5, 0.6) is 0 Å². The molecule has 0 saturated carbocycles. The number of benzene rings is 2. The van der Waals surface area contributed by atoms with Gasteiger partial charge in [0.15, 0.2) is 0 Å². The number of rotatable bonds is 6. The first-order valence-electron chi connectivity index (χ1n) is 6.36. The fourth-order valence-corrected chi connectivity index (χ4v) is 3.07. The standard InChI is InChI=1S/C14H12N2O6S/c17-14(18)9-15-10-1-5-12(6-2-10)23(21,22)13-7-3-11(4-8-13)16(19)20/h1-8,15H,9H2,(H,17,18). The van der Waals surface area contributed by atoms with Gasteiger partial charge in [0.2, 0.25) is 9.84 Å². The van der Waals surface area contributed by atoms with Crippen molar-refractivity contribution in [1.82, 2.24) is 0 Å². The van der Waals surface area contributed by atoms with Crippen molar-refractivity contribution in [2.75, 3.05) is 11.9 Å². The van der Waals surface area contributed by atoms with Gasteiger partial charge in [-0.05, 0) is 36.4 Å². The van der Waals surface area contributed by atoms with E-state index in [4.69, 9.17) is 5.11 Å². The van der Waals surface area contributed by atoms with Crippen LogP contribution < -0.4 is 5.32 Å². The molecule has 8 nitrogen and oxygen atoms in total. The Kier molecular flexibility index (Phi) is 4.60. The molecule has 0 aromatic heterocycles. The zero-order chi connectivity index (χ0) is 17.0. The minimum atomic E-state index is -3.80. The third-order valence-corrected chi connectivity index (χ3v) is 4.75. The van der Waals surface area contributed by atoms with Crippen LogP contribution in [0, 0.1) is 10.1 Å². The van der Waals surface area contributed by atoms with E-state index in [-0.39, 0.29) is 22.0 Å². The molecule has 2 N–H and O–H groups in total. The minimum absolute atomic E-state index is 0.00669. The van der Waals surface area contributed by atoms with E-state index in [2.05, 4.69) is 5.32 Å². The van der Waals surface area contributed by atoms with Crippen LogP contribution in [0.1, 0.15) is 0 Å². The van der Waals surface area contributed by atoms with Crippen molar-refractivity contribution in [3.63, 3.8) is 0 Å². The van der Waals surface area contributed by atoms with Crippen LogP contribution in [0.2, 0.25) is 0 Å². The van der Waals surface area contributed by atoms with Crippen molar-refractivity contribution in [1.29, 1.82) is 0 Å². The average Bonchev–Trinajstić information content (AvgIpc) is 2.53. The second-order valence-electron chi connectivity index (χ2n) is 4.53. The summed E-state index contributed by atoms with van der Waals surface area (Å²) in [5.41, 5.74) is 0.271. The maximum absolute atomic E-state index is 12.4. The lowest BCUT2D eigenvalue weighted by Gasteiger charge is -2.07. The predicted octanol–water partition coefficient (Wildman–Crippen LogP) is 1.92. The molecule has 0 spiro atoms. The first kappa shape index (κ1) is 16.4. The molecule has 0 aliphatic heterocycles. The van der Waals surface area contributed by atoms with E-state index >= 15 is 0 Å². The molecule has 0 unspecified atom stereocenters. The normalized spacial score (nSPS) is 11.0. The van der Waals surface area contributed by atoms with E-state index in [0.29, 0.717) is 5.69 Å². The van der Waals surface area contributed by atoms with Crippen molar-refractivity contribution < 1.29 is 23.2 Å². The molecule has 9 heteroatoms. The van der Waals surface area contributed by atoms with Crippen LogP contribution in [0.15, 0.2) is 58.3 Å². The number of non-ortho nitro benzene ring substituents is 1. The zero-order valence-electron chi connectivity index (χ0n) is 11.7. The number of sulfone groups is 1. The number of nitrogens with zero attached hydrogens (tertiary/aromatic N) is 1. The van der Waals surface area contributed by atoms with Gasteiger partial charge in [-0.25, -0.2) is 8.42 Å². The van der Waals surface area contributed by atoms with E-state index in [1.807, 2.05) is 0 Å². The van der Waals surface area contributed by atoms with E-state index in [1.54, 1.807) is 0 Å². The lowest BCUT2D eigenvalue weighted by molar-refractivity contribution is -0.384. The lowest BCUT2D eigenvalue weighted by Crippen LogP contribution is -2.12. The smallest absolute Gasteiger partial charge is 0.322 e. The molecule has 0 amide bonds. The van der Waals surface area contributed by atoms with Crippen LogP contribution in [-0.2, 0) is 14.6 Å². The Morgan fingerprint density at radius 2 is 1.52 bits per heavy atom. The van der Waals surface area contributed by atoms with Gasteiger partial charge < -0.3 is 10.4 Å². The lowest BCUT2D eigenvalue weighted by atomic mass is 10.3. The van der Waals surface area contributed by atoms with Crippen molar-refractivity contribution in [2.24, 2.45) is 0 Å². The van der Waals surface area contributed by atoms with E-state index < -0.39 is 20.7 Å². The zero-order valence-corrected chi connectivity index (χ0v) is 12.5. The number of carboxylic acids is 1. The summed E-state index contributed by atoms with van der Waals surface area (Å²) in [6.07, 6.45) is 0. The fraction of sp³-hybridized carbons (Fsp3) is 0.0714. The van der Waals surface area contributed by atoms with Gasteiger partial charge in [0.1, 0.15) is 6.54 Å². The second kappa shape index (κ2) is 6.44. The number of aliphatic carboxylic acids is 1. The number of carbonyl (C=O) groups is 1. The number of nitrogens with one attached hydrogen (secondary N) is 1. The highest BCUT2D eigenvalue weighted by Gasteiger charge is 2.18. The number of nitro groups is 1. The van der Waals surface area contributed by atoms with Gasteiger partial charge in [-0.3, -0.25) is 14.9 Å². The van der Waals surface area contributed by atoms with Crippen LogP contribution in [0.3, 0.4) is 0 Å². The minimum Gasteiger partial charge on any atom is -0.480 e. The van der Waals surface area contributed by atoms with Gasteiger partial charge in [-0.1, -0.05) is 0 Å². The van der Waals surface area contributed by atoms with Crippen LogP contribution >= 0.6 is 0 Å². The summed E-state index contributed by atoms with van der Waals surface area (Å²) in [6, 6.07) is 10.1. The second-order valence-corrected chi connectivity index (χ2v) is 6.48. The maximum Gasteiger partial charge on any atom is 0.322 e. The molecule has 0 fully saturated rings. The first-order valence-corrected chi connectivity index (χ1v) is 7.84. The maximum atomic E-state index is 12.4. The number of hydrogen-bond acceptors (Lipinski definition) is 6. The topological polar surface area (TPSA) is 127 Å². The molecule has 2 aromatic rings. The third kappa shape index (κ3) is 3.83. The molecule has 0 radical (unpaired) electrons. The molecule has 23 heavy (non-hydrogen) atoms.